The Balaban J connectivity index is 0. The van der Waals surface area contributed by atoms with Gasteiger partial charge in [-0.2, -0.15) is 0 Å². The second kappa shape index (κ2) is 8.95. The molecule has 0 saturated carbocycles. The van der Waals surface area contributed by atoms with Crippen LogP contribution in [-0.4, -0.2) is 11.1 Å². The minimum Gasteiger partial charge on any atom is -0.478 e. The summed E-state index contributed by atoms with van der Waals surface area (Å²) in [5, 5.41) is 8.34. The average molecular weight is 156 g/mol. The molecule has 1 N–H and O–H groups in total. The summed E-state index contributed by atoms with van der Waals surface area (Å²) in [4.78, 5) is 10.1. The smallest absolute Gasteiger partial charge is 0.330 e. The van der Waals surface area contributed by atoms with E-state index in [9.17, 15) is 4.79 Å². The van der Waals surface area contributed by atoms with Gasteiger partial charge in [0, 0.05) is 5.57 Å². The van der Waals surface area contributed by atoms with E-state index in [1.807, 2.05) is 6.92 Å². The van der Waals surface area contributed by atoms with Crippen molar-refractivity contribution < 1.29 is 9.90 Å². The summed E-state index contributed by atoms with van der Waals surface area (Å²) in [5.74, 6) is -0.816. The lowest BCUT2D eigenvalue weighted by Crippen LogP contribution is -1.95. The maximum atomic E-state index is 10.1. The quantitative estimate of drug-likeness (QED) is 0.503. The van der Waals surface area contributed by atoms with E-state index in [0.29, 0.717) is 5.57 Å². The summed E-state index contributed by atoms with van der Waals surface area (Å²) in [6, 6.07) is 0. The monoisotopic (exact) mass is 156 g/mol. The van der Waals surface area contributed by atoms with Gasteiger partial charge in [-0.25, -0.2) is 4.79 Å². The average Bonchev–Trinajstić information content (AvgIpc) is 2.03. The van der Waals surface area contributed by atoms with Crippen molar-refractivity contribution >= 4 is 5.97 Å². The first-order chi connectivity index (χ1) is 5.18. The van der Waals surface area contributed by atoms with Gasteiger partial charge in [0.2, 0.25) is 0 Å². The molecule has 0 aromatic rings. The summed E-state index contributed by atoms with van der Waals surface area (Å²) < 4.78 is 0. The Bertz CT molecular complexity index is 136. The lowest BCUT2D eigenvalue weighted by molar-refractivity contribution is -0.132. The summed E-state index contributed by atoms with van der Waals surface area (Å²) in [6.07, 6.45) is 3.60. The van der Waals surface area contributed by atoms with Gasteiger partial charge in [0.25, 0.3) is 0 Å². The molecule has 0 unspecified atom stereocenters. The molecular weight excluding hydrogens is 140 g/mol. The van der Waals surface area contributed by atoms with Crippen LogP contribution in [0.5, 0.6) is 0 Å². The molecule has 0 spiro atoms. The second-order valence-electron chi connectivity index (χ2n) is 1.98. The Kier molecular flexibility index (Phi) is 10.3. The fourth-order valence-corrected chi connectivity index (χ4v) is 0.448. The third kappa shape index (κ3) is 8.95. The van der Waals surface area contributed by atoms with E-state index in [1.54, 1.807) is 13.0 Å². The van der Waals surface area contributed by atoms with E-state index >= 15 is 0 Å². The summed E-state index contributed by atoms with van der Waals surface area (Å²) in [7, 11) is 0. The zero-order valence-electron chi connectivity index (χ0n) is 7.26. The minimum atomic E-state index is -0.816. The number of carboxylic acids is 1. The maximum Gasteiger partial charge on any atom is 0.330 e. The van der Waals surface area contributed by atoms with Gasteiger partial charge in [-0.3, -0.25) is 0 Å². The van der Waals surface area contributed by atoms with Gasteiger partial charge in [-0.05, 0) is 13.3 Å². The molecule has 2 nitrogen and oxygen atoms in total. The molecule has 0 fully saturated rings. The molecule has 0 bridgehead atoms. The van der Waals surface area contributed by atoms with E-state index < -0.39 is 5.97 Å². The number of hydrogen-bond donors (Lipinski definition) is 1. The number of unbranched alkanes of at least 4 members (excludes halogenated alkanes) is 1. The highest BCUT2D eigenvalue weighted by Gasteiger charge is 1.95. The number of hydrogen-bond acceptors (Lipinski definition) is 1. The van der Waals surface area contributed by atoms with E-state index in [2.05, 4.69) is 13.2 Å². The fourth-order valence-electron chi connectivity index (χ4n) is 0.448. The van der Waals surface area contributed by atoms with Crippen molar-refractivity contribution in [2.75, 3.05) is 0 Å². The molecule has 0 aliphatic rings. The Hall–Kier alpha value is -1.05. The van der Waals surface area contributed by atoms with Gasteiger partial charge in [0.1, 0.15) is 0 Å². The first-order valence-corrected chi connectivity index (χ1v) is 3.58. The molecule has 0 atom stereocenters. The van der Waals surface area contributed by atoms with Gasteiger partial charge in [0.05, 0.1) is 0 Å². The van der Waals surface area contributed by atoms with Crippen LogP contribution in [0.1, 0.15) is 26.7 Å². The van der Waals surface area contributed by atoms with Crippen LogP contribution in [0.15, 0.2) is 24.8 Å². The lowest BCUT2D eigenvalue weighted by Gasteiger charge is -1.89. The molecular formula is C9H16O2. The van der Waals surface area contributed by atoms with Crippen molar-refractivity contribution in [2.24, 2.45) is 0 Å². The molecule has 0 heterocycles. The molecule has 0 saturated heterocycles. The van der Waals surface area contributed by atoms with Crippen LogP contribution in [0.2, 0.25) is 0 Å². The Morgan fingerprint density at radius 2 is 2.00 bits per heavy atom. The Morgan fingerprint density at radius 1 is 1.55 bits per heavy atom. The van der Waals surface area contributed by atoms with Gasteiger partial charge in [-0.1, -0.05) is 19.4 Å². The number of allylic oxidation sites excluding steroid dienone is 1. The van der Waals surface area contributed by atoms with Crippen molar-refractivity contribution in [1.29, 1.82) is 0 Å². The second-order valence-corrected chi connectivity index (χ2v) is 1.98. The molecule has 0 aromatic carbocycles. The predicted octanol–water partition coefficient (Wildman–Crippen LogP) is 2.62. The van der Waals surface area contributed by atoms with Crippen molar-refractivity contribution in [3.05, 3.63) is 24.8 Å². The standard InChI is InChI=1S/C7H12O2.C2H4/c1-3-4-5-6(2)7(8)9;1-2/h5H,3-4H2,1-2H3,(H,8,9);1-2H2. The molecule has 0 aromatic heterocycles. The van der Waals surface area contributed by atoms with E-state index in [1.165, 1.54) is 0 Å². The van der Waals surface area contributed by atoms with Crippen molar-refractivity contribution in [2.45, 2.75) is 26.7 Å². The van der Waals surface area contributed by atoms with Crippen LogP contribution in [0.25, 0.3) is 0 Å². The van der Waals surface area contributed by atoms with Crippen LogP contribution in [0.4, 0.5) is 0 Å². The van der Waals surface area contributed by atoms with Crippen LogP contribution in [0.3, 0.4) is 0 Å². The van der Waals surface area contributed by atoms with Crippen LogP contribution < -0.4 is 0 Å². The largest absolute Gasteiger partial charge is 0.478 e. The highest BCUT2D eigenvalue weighted by atomic mass is 16.4. The molecule has 0 amide bonds. The number of carboxylic acid groups (broad SMARTS) is 1. The van der Waals surface area contributed by atoms with E-state index in [4.69, 9.17) is 5.11 Å². The third-order valence-electron chi connectivity index (χ3n) is 1.08. The molecule has 0 radical (unpaired) electrons. The molecule has 11 heavy (non-hydrogen) atoms. The van der Waals surface area contributed by atoms with Crippen molar-refractivity contribution in [3.8, 4) is 0 Å². The van der Waals surface area contributed by atoms with Gasteiger partial charge in [-0.15, -0.1) is 13.2 Å². The molecule has 0 aliphatic carbocycles. The predicted molar refractivity (Wildman–Crippen MR) is 47.6 cm³/mol. The molecule has 64 valence electrons. The highest BCUT2D eigenvalue weighted by Crippen LogP contribution is 1.96. The van der Waals surface area contributed by atoms with E-state index in [0.717, 1.165) is 12.8 Å². The minimum absolute atomic E-state index is 0.442. The molecule has 0 rings (SSSR count). The highest BCUT2D eigenvalue weighted by molar-refractivity contribution is 5.85. The zero-order chi connectivity index (χ0) is 9.28. The maximum absolute atomic E-state index is 10.1. The first kappa shape index (κ1) is 12.6. The Labute approximate surface area is 68.2 Å². The first-order valence-electron chi connectivity index (χ1n) is 3.58. The number of carbonyl (C=O) groups is 1. The van der Waals surface area contributed by atoms with Crippen LogP contribution in [-0.2, 0) is 4.79 Å². The third-order valence-corrected chi connectivity index (χ3v) is 1.08. The summed E-state index contributed by atoms with van der Waals surface area (Å²) >= 11 is 0. The number of aliphatic carboxylic acids is 1. The van der Waals surface area contributed by atoms with Gasteiger partial charge >= 0.3 is 5.97 Å². The number of rotatable bonds is 3. The summed E-state index contributed by atoms with van der Waals surface area (Å²) in [5.41, 5.74) is 0.442. The van der Waals surface area contributed by atoms with Crippen molar-refractivity contribution in [1.82, 2.24) is 0 Å². The normalized spacial score (nSPS) is 9.82. The molecule has 2 heteroatoms. The van der Waals surface area contributed by atoms with Gasteiger partial charge < -0.3 is 5.11 Å². The molecule has 0 aliphatic heterocycles. The van der Waals surface area contributed by atoms with Crippen LogP contribution >= 0.6 is 0 Å². The van der Waals surface area contributed by atoms with E-state index in [-0.39, 0.29) is 0 Å². The van der Waals surface area contributed by atoms with Crippen molar-refractivity contribution in [3.63, 3.8) is 0 Å². The fraction of sp³-hybridized carbons (Fsp3) is 0.444. The Morgan fingerprint density at radius 3 is 2.27 bits per heavy atom. The van der Waals surface area contributed by atoms with Crippen LogP contribution in [0, 0.1) is 0 Å². The zero-order valence-corrected chi connectivity index (χ0v) is 7.26. The summed E-state index contributed by atoms with van der Waals surface area (Å²) in [6.45, 7) is 9.63. The lowest BCUT2D eigenvalue weighted by atomic mass is 10.2. The van der Waals surface area contributed by atoms with Gasteiger partial charge in [0.15, 0.2) is 0 Å². The SMILES string of the molecule is C=C.CCCC=C(C)C(=O)O. The topological polar surface area (TPSA) is 37.3 Å².